The van der Waals surface area contributed by atoms with E-state index < -0.39 is 6.10 Å². The lowest BCUT2D eigenvalue weighted by atomic mass is 10.0. The number of hydrogen-bond donors (Lipinski definition) is 0. The molecular formula is C69H112O6. The molecule has 0 aliphatic heterocycles. The summed E-state index contributed by atoms with van der Waals surface area (Å²) < 4.78 is 16.8. The van der Waals surface area contributed by atoms with Gasteiger partial charge in [-0.05, 0) is 122 Å². The van der Waals surface area contributed by atoms with Gasteiger partial charge in [-0.3, -0.25) is 14.4 Å². The van der Waals surface area contributed by atoms with Gasteiger partial charge in [0.1, 0.15) is 13.2 Å². The lowest BCUT2D eigenvalue weighted by Crippen LogP contribution is -2.30. The number of hydrogen-bond acceptors (Lipinski definition) is 6. The summed E-state index contributed by atoms with van der Waals surface area (Å²) >= 11 is 0. The maximum absolute atomic E-state index is 12.9. The predicted molar refractivity (Wildman–Crippen MR) is 325 cm³/mol. The van der Waals surface area contributed by atoms with E-state index in [0.717, 1.165) is 83.5 Å². The van der Waals surface area contributed by atoms with E-state index in [4.69, 9.17) is 14.2 Å². The van der Waals surface area contributed by atoms with Gasteiger partial charge in [-0.2, -0.15) is 0 Å². The summed E-state index contributed by atoms with van der Waals surface area (Å²) in [6.07, 6.45) is 87.5. The van der Waals surface area contributed by atoms with Crippen LogP contribution >= 0.6 is 0 Å². The molecule has 0 spiro atoms. The summed E-state index contributed by atoms with van der Waals surface area (Å²) in [5.74, 6) is -1.07. The van der Waals surface area contributed by atoms with Crippen LogP contribution in [0.5, 0.6) is 0 Å². The standard InChI is InChI=1S/C69H112O6/c1-4-7-10-13-16-19-22-25-28-31-33-34-36-39-42-45-48-51-54-57-60-63-69(72)75-66(64-73-67(70)61-58-55-52-49-46-43-40-37-30-27-24-21-18-15-12-9-6-3)65-74-68(71)62-59-56-53-50-47-44-41-38-35-32-29-26-23-20-17-14-11-8-5-2/h9,12,17-18,20-21,25-30,35,38,40,43-44,47,49,52-53,56,66H,4-8,10-11,13-16,19,22-24,31-34,36-37,39,41-42,45-46,48,50-51,54-55,57-65H2,1-3H3/b12-9-,20-17-,21-18-,28-25-,29-26-,30-27-,38-35-,43-40-,47-44-,52-49-,56-53-/t66-/m1/s1. The highest BCUT2D eigenvalue weighted by Crippen LogP contribution is 2.15. The molecule has 0 saturated heterocycles. The van der Waals surface area contributed by atoms with Gasteiger partial charge in [0, 0.05) is 19.3 Å². The van der Waals surface area contributed by atoms with Gasteiger partial charge in [0.05, 0.1) is 0 Å². The van der Waals surface area contributed by atoms with Gasteiger partial charge in [-0.1, -0.05) is 257 Å². The van der Waals surface area contributed by atoms with Crippen molar-refractivity contribution in [3.63, 3.8) is 0 Å². The number of rotatable bonds is 54. The van der Waals surface area contributed by atoms with Crippen molar-refractivity contribution in [1.29, 1.82) is 0 Å². The zero-order valence-electron chi connectivity index (χ0n) is 48.5. The van der Waals surface area contributed by atoms with E-state index in [0.29, 0.717) is 19.3 Å². The third-order valence-electron chi connectivity index (χ3n) is 12.6. The summed E-state index contributed by atoms with van der Waals surface area (Å²) in [5, 5.41) is 0. The highest BCUT2D eigenvalue weighted by Gasteiger charge is 2.19. The predicted octanol–water partition coefficient (Wildman–Crippen LogP) is 21.0. The topological polar surface area (TPSA) is 78.9 Å². The first-order valence-corrected chi connectivity index (χ1v) is 30.7. The van der Waals surface area contributed by atoms with Crippen LogP contribution in [0.2, 0.25) is 0 Å². The number of carbonyl (C=O) groups is 3. The van der Waals surface area contributed by atoms with Crippen molar-refractivity contribution < 1.29 is 28.6 Å². The molecule has 0 radical (unpaired) electrons. The fourth-order valence-electron chi connectivity index (χ4n) is 8.04. The lowest BCUT2D eigenvalue weighted by molar-refractivity contribution is -0.166. The minimum atomic E-state index is -0.837. The fraction of sp³-hybridized carbons (Fsp3) is 0.638. The van der Waals surface area contributed by atoms with Crippen molar-refractivity contribution >= 4 is 17.9 Å². The largest absolute Gasteiger partial charge is 0.462 e. The van der Waals surface area contributed by atoms with Crippen molar-refractivity contribution in [3.8, 4) is 0 Å². The Bertz CT molecular complexity index is 1620. The molecule has 0 rings (SSSR count). The summed E-state index contributed by atoms with van der Waals surface area (Å²) in [7, 11) is 0. The van der Waals surface area contributed by atoms with Crippen molar-refractivity contribution in [2.75, 3.05) is 13.2 Å². The van der Waals surface area contributed by atoms with E-state index in [-0.39, 0.29) is 44.0 Å². The molecule has 0 aromatic rings. The molecule has 6 nitrogen and oxygen atoms in total. The smallest absolute Gasteiger partial charge is 0.306 e. The van der Waals surface area contributed by atoms with E-state index in [1.54, 1.807) is 0 Å². The quantitative estimate of drug-likeness (QED) is 0.0261. The van der Waals surface area contributed by atoms with Crippen molar-refractivity contribution in [2.24, 2.45) is 0 Å². The number of unbranched alkanes of at least 4 members (excludes halogenated alkanes) is 21. The molecule has 0 heterocycles. The first-order chi connectivity index (χ1) is 37.0. The second-order valence-corrected chi connectivity index (χ2v) is 19.9. The van der Waals surface area contributed by atoms with Gasteiger partial charge < -0.3 is 14.2 Å². The third kappa shape index (κ3) is 60.3. The molecule has 0 aromatic heterocycles. The zero-order chi connectivity index (χ0) is 54.3. The van der Waals surface area contributed by atoms with Crippen molar-refractivity contribution in [1.82, 2.24) is 0 Å². The SMILES string of the molecule is CC/C=C\C/C=C\C/C=C\C/C=C\C/C=C\CCCC(=O)OC[C@H](COC(=O)CC/C=C\C/C=C\C/C=C\C/C=C\C/C=C\CCCCC)OC(=O)CCCCCCCCCCCCC/C=C\CCCCCCCC. The Balaban J connectivity index is 4.56. The Morgan fingerprint density at radius 3 is 0.973 bits per heavy atom. The molecular weight excluding hydrogens is 925 g/mol. The minimum absolute atomic E-state index is 0.134. The van der Waals surface area contributed by atoms with Crippen LogP contribution in [0.15, 0.2) is 134 Å². The summed E-state index contributed by atoms with van der Waals surface area (Å²) in [6, 6.07) is 0. The highest BCUT2D eigenvalue weighted by atomic mass is 16.6. The molecule has 0 amide bonds. The van der Waals surface area contributed by atoms with Gasteiger partial charge in [0.15, 0.2) is 6.10 Å². The molecule has 424 valence electrons. The van der Waals surface area contributed by atoms with Crippen LogP contribution in [0, 0.1) is 0 Å². The van der Waals surface area contributed by atoms with Crippen molar-refractivity contribution in [2.45, 2.75) is 271 Å². The summed E-state index contributed by atoms with van der Waals surface area (Å²) in [6.45, 7) is 6.39. The van der Waals surface area contributed by atoms with E-state index in [9.17, 15) is 14.4 Å². The number of allylic oxidation sites excluding steroid dienone is 22. The number of esters is 3. The summed E-state index contributed by atoms with van der Waals surface area (Å²) in [4.78, 5) is 38.2. The Morgan fingerprint density at radius 2 is 0.560 bits per heavy atom. The van der Waals surface area contributed by atoms with Crippen LogP contribution in [-0.2, 0) is 28.6 Å². The average Bonchev–Trinajstić information content (AvgIpc) is 3.41. The molecule has 0 bridgehead atoms. The Hall–Kier alpha value is -4.45. The van der Waals surface area contributed by atoms with Gasteiger partial charge in [-0.15, -0.1) is 0 Å². The number of ether oxygens (including phenoxy) is 3. The molecule has 0 saturated carbocycles. The molecule has 0 N–H and O–H groups in total. The fourth-order valence-corrected chi connectivity index (χ4v) is 8.04. The molecule has 6 heteroatoms. The van der Waals surface area contributed by atoms with Crippen LogP contribution in [-0.4, -0.2) is 37.2 Å². The van der Waals surface area contributed by atoms with Gasteiger partial charge in [-0.25, -0.2) is 0 Å². The van der Waals surface area contributed by atoms with Crippen LogP contribution in [0.25, 0.3) is 0 Å². The minimum Gasteiger partial charge on any atom is -0.462 e. The van der Waals surface area contributed by atoms with Crippen molar-refractivity contribution in [3.05, 3.63) is 134 Å². The molecule has 0 fully saturated rings. The first-order valence-electron chi connectivity index (χ1n) is 30.7. The average molecular weight is 1040 g/mol. The second-order valence-electron chi connectivity index (χ2n) is 19.9. The van der Waals surface area contributed by atoms with E-state index in [1.165, 1.54) is 128 Å². The summed E-state index contributed by atoms with van der Waals surface area (Å²) in [5.41, 5.74) is 0. The van der Waals surface area contributed by atoms with Crippen LogP contribution < -0.4 is 0 Å². The second kappa shape index (κ2) is 62.1. The number of carbonyl (C=O) groups excluding carboxylic acids is 3. The molecule has 0 aromatic carbocycles. The van der Waals surface area contributed by atoms with Gasteiger partial charge in [0.2, 0.25) is 0 Å². The monoisotopic (exact) mass is 1040 g/mol. The normalized spacial score (nSPS) is 13.1. The highest BCUT2D eigenvalue weighted by molar-refractivity contribution is 5.71. The van der Waals surface area contributed by atoms with Crippen LogP contribution in [0.4, 0.5) is 0 Å². The van der Waals surface area contributed by atoms with Gasteiger partial charge in [0.25, 0.3) is 0 Å². The Kier molecular flexibility index (Phi) is 58.4. The molecule has 0 aliphatic rings. The van der Waals surface area contributed by atoms with Crippen LogP contribution in [0.1, 0.15) is 265 Å². The van der Waals surface area contributed by atoms with E-state index in [2.05, 4.69) is 148 Å². The zero-order valence-corrected chi connectivity index (χ0v) is 48.5. The van der Waals surface area contributed by atoms with Crippen LogP contribution in [0.3, 0.4) is 0 Å². The Morgan fingerprint density at radius 1 is 0.280 bits per heavy atom. The van der Waals surface area contributed by atoms with E-state index in [1.807, 2.05) is 6.08 Å². The molecule has 75 heavy (non-hydrogen) atoms. The maximum atomic E-state index is 12.9. The van der Waals surface area contributed by atoms with E-state index >= 15 is 0 Å². The molecule has 0 aliphatic carbocycles. The molecule has 0 unspecified atom stereocenters. The van der Waals surface area contributed by atoms with Gasteiger partial charge >= 0.3 is 17.9 Å². The maximum Gasteiger partial charge on any atom is 0.306 e. The lowest BCUT2D eigenvalue weighted by Gasteiger charge is -2.18. The first kappa shape index (κ1) is 70.5. The Labute approximate surface area is 462 Å². The third-order valence-corrected chi connectivity index (χ3v) is 12.6. The molecule has 1 atom stereocenters.